The van der Waals surface area contributed by atoms with E-state index in [0.29, 0.717) is 42.3 Å². The minimum Gasteiger partial charge on any atom is -0.459 e. The normalized spacial score (nSPS) is 16.2. The molecule has 0 N–H and O–H groups in total. The molecule has 2 aliphatic heterocycles. The van der Waals surface area contributed by atoms with Crippen LogP contribution in [0.4, 0.5) is 10.1 Å². The zero-order chi connectivity index (χ0) is 28.3. The Morgan fingerprint density at radius 1 is 0.854 bits per heavy atom. The third kappa shape index (κ3) is 5.67. The third-order valence-corrected chi connectivity index (χ3v) is 8.19. The number of carbonyl (C=O) groups is 3. The molecule has 0 radical (unpaired) electrons. The van der Waals surface area contributed by atoms with E-state index < -0.39 is 0 Å². The molecule has 4 aromatic rings. The second-order valence-corrected chi connectivity index (χ2v) is 10.9. The Labute approximate surface area is 240 Å². The number of anilines is 1. The Morgan fingerprint density at radius 2 is 1.56 bits per heavy atom. The standard InChI is InChI=1S/C32H26FN3O4S/c33-25-11-8-23(9-12-25)21-36-26-20-24(10-13-28(26)41-29(32(36)39)19-22-5-2-1-3-6-22)30(37)34-14-16-35(17-15-34)31(38)27-7-4-18-40-27/h1-13,18-20H,14-17,21H2/b29-19-. The molecule has 6 rings (SSSR count). The summed E-state index contributed by atoms with van der Waals surface area (Å²) in [6.07, 6.45) is 3.32. The maximum absolute atomic E-state index is 13.8. The summed E-state index contributed by atoms with van der Waals surface area (Å²) in [4.78, 5) is 46.3. The molecule has 1 saturated heterocycles. The summed E-state index contributed by atoms with van der Waals surface area (Å²) in [5.74, 6) is -0.614. The smallest absolute Gasteiger partial charge is 0.289 e. The molecule has 2 aliphatic rings. The van der Waals surface area contributed by atoms with Crippen molar-refractivity contribution in [3.8, 4) is 0 Å². The van der Waals surface area contributed by atoms with Crippen LogP contribution in [0.3, 0.4) is 0 Å². The molecule has 1 fully saturated rings. The van der Waals surface area contributed by atoms with Gasteiger partial charge in [0.15, 0.2) is 5.76 Å². The molecule has 1 aromatic heterocycles. The number of hydrogen-bond acceptors (Lipinski definition) is 5. The lowest BCUT2D eigenvalue weighted by Gasteiger charge is -2.35. The first-order valence-corrected chi connectivity index (χ1v) is 14.0. The van der Waals surface area contributed by atoms with E-state index >= 15 is 0 Å². The monoisotopic (exact) mass is 567 g/mol. The van der Waals surface area contributed by atoms with Gasteiger partial charge in [-0.1, -0.05) is 54.2 Å². The molecule has 206 valence electrons. The summed E-state index contributed by atoms with van der Waals surface area (Å²) >= 11 is 1.37. The number of hydrogen-bond donors (Lipinski definition) is 0. The molecule has 7 nitrogen and oxygen atoms in total. The van der Waals surface area contributed by atoms with Gasteiger partial charge in [-0.25, -0.2) is 4.39 Å². The van der Waals surface area contributed by atoms with Crippen LogP contribution >= 0.6 is 11.8 Å². The third-order valence-electron chi connectivity index (χ3n) is 7.11. The Balaban J connectivity index is 1.26. The molecular formula is C32H26FN3O4S. The highest BCUT2D eigenvalue weighted by molar-refractivity contribution is 8.04. The predicted octanol–water partition coefficient (Wildman–Crippen LogP) is 5.70. The predicted molar refractivity (Wildman–Crippen MR) is 155 cm³/mol. The summed E-state index contributed by atoms with van der Waals surface area (Å²) in [7, 11) is 0. The van der Waals surface area contributed by atoms with Crippen molar-refractivity contribution in [2.75, 3.05) is 31.1 Å². The molecule has 0 unspecified atom stereocenters. The van der Waals surface area contributed by atoms with Crippen LogP contribution in [0.15, 0.2) is 105 Å². The van der Waals surface area contributed by atoms with E-state index in [4.69, 9.17) is 4.42 Å². The van der Waals surface area contributed by atoms with Crippen molar-refractivity contribution >= 4 is 41.2 Å². The molecule has 0 spiro atoms. The molecule has 3 amide bonds. The van der Waals surface area contributed by atoms with Gasteiger partial charge in [-0.3, -0.25) is 14.4 Å². The van der Waals surface area contributed by atoms with Gasteiger partial charge in [0.1, 0.15) is 5.82 Å². The summed E-state index contributed by atoms with van der Waals surface area (Å²) in [6.45, 7) is 1.80. The van der Waals surface area contributed by atoms with Crippen molar-refractivity contribution in [2.24, 2.45) is 0 Å². The second-order valence-electron chi connectivity index (χ2n) is 9.78. The molecule has 0 atom stereocenters. The molecule has 3 heterocycles. The maximum atomic E-state index is 13.8. The minimum atomic E-state index is -0.349. The van der Waals surface area contributed by atoms with Crippen LogP contribution < -0.4 is 4.90 Å². The molecule has 0 aliphatic carbocycles. The summed E-state index contributed by atoms with van der Waals surface area (Å²) in [6, 6.07) is 24.4. The van der Waals surface area contributed by atoms with Crippen LogP contribution in [0.1, 0.15) is 32.0 Å². The Bertz CT molecular complexity index is 1610. The number of nitrogens with zero attached hydrogens (tertiary/aromatic N) is 3. The first-order chi connectivity index (χ1) is 20.0. The van der Waals surface area contributed by atoms with Gasteiger partial charge in [0.2, 0.25) is 0 Å². The van der Waals surface area contributed by atoms with E-state index in [1.807, 2.05) is 42.5 Å². The fourth-order valence-corrected chi connectivity index (χ4v) is 5.96. The molecule has 41 heavy (non-hydrogen) atoms. The highest BCUT2D eigenvalue weighted by atomic mass is 32.2. The number of fused-ring (bicyclic) bond motifs is 1. The number of amides is 3. The van der Waals surface area contributed by atoms with Crippen LogP contribution in [-0.2, 0) is 11.3 Å². The maximum Gasteiger partial charge on any atom is 0.289 e. The number of halogens is 1. The lowest BCUT2D eigenvalue weighted by Crippen LogP contribution is -2.50. The SMILES string of the molecule is O=C(c1ccc2c(c1)N(Cc1ccc(F)cc1)C(=O)/C(=C/c1ccccc1)S2)N1CCN(C(=O)c2ccco2)CC1. The average molecular weight is 568 g/mol. The fourth-order valence-electron chi connectivity index (χ4n) is 4.92. The zero-order valence-corrected chi connectivity index (χ0v) is 22.9. The number of benzene rings is 3. The van der Waals surface area contributed by atoms with Crippen molar-refractivity contribution < 1.29 is 23.2 Å². The second kappa shape index (κ2) is 11.5. The number of thioether (sulfide) groups is 1. The van der Waals surface area contributed by atoms with Gasteiger partial charge in [0.05, 0.1) is 23.4 Å². The number of rotatable bonds is 5. The topological polar surface area (TPSA) is 74.1 Å². The van der Waals surface area contributed by atoms with E-state index in [2.05, 4.69) is 0 Å². The molecule has 3 aromatic carbocycles. The van der Waals surface area contributed by atoms with Crippen LogP contribution in [0.25, 0.3) is 6.08 Å². The molecule has 9 heteroatoms. The zero-order valence-electron chi connectivity index (χ0n) is 22.0. The van der Waals surface area contributed by atoms with Gasteiger partial charge in [0.25, 0.3) is 17.7 Å². The van der Waals surface area contributed by atoms with Gasteiger partial charge in [-0.05, 0) is 59.7 Å². The Hall–Kier alpha value is -4.63. The number of carbonyl (C=O) groups excluding carboxylic acids is 3. The Morgan fingerprint density at radius 3 is 2.24 bits per heavy atom. The number of piperazine rings is 1. The number of furan rings is 1. The van der Waals surface area contributed by atoms with Gasteiger partial charge in [-0.15, -0.1) is 0 Å². The highest BCUT2D eigenvalue weighted by Gasteiger charge is 2.32. The average Bonchev–Trinajstić information content (AvgIpc) is 3.55. The summed E-state index contributed by atoms with van der Waals surface area (Å²) in [5, 5.41) is 0. The van der Waals surface area contributed by atoms with E-state index in [-0.39, 0.29) is 35.8 Å². The first-order valence-electron chi connectivity index (χ1n) is 13.2. The van der Waals surface area contributed by atoms with Gasteiger partial charge >= 0.3 is 0 Å². The van der Waals surface area contributed by atoms with Crippen LogP contribution in [0, 0.1) is 5.82 Å². The van der Waals surface area contributed by atoms with E-state index in [1.54, 1.807) is 51.1 Å². The first kappa shape index (κ1) is 26.6. The van der Waals surface area contributed by atoms with Crippen molar-refractivity contribution in [1.29, 1.82) is 0 Å². The van der Waals surface area contributed by atoms with Crippen molar-refractivity contribution in [2.45, 2.75) is 11.4 Å². The quantitative estimate of drug-likeness (QED) is 0.290. The fraction of sp³-hybridized carbons (Fsp3) is 0.156. The van der Waals surface area contributed by atoms with Gasteiger partial charge < -0.3 is 19.1 Å². The summed E-state index contributed by atoms with van der Waals surface area (Å²) in [5.41, 5.74) is 2.77. The van der Waals surface area contributed by atoms with Crippen molar-refractivity contribution in [1.82, 2.24) is 9.80 Å². The lowest BCUT2D eigenvalue weighted by atomic mass is 10.1. The molecular weight excluding hydrogens is 541 g/mol. The minimum absolute atomic E-state index is 0.164. The van der Waals surface area contributed by atoms with Gasteiger partial charge in [0, 0.05) is 36.6 Å². The van der Waals surface area contributed by atoms with Crippen LogP contribution in [0.5, 0.6) is 0 Å². The lowest BCUT2D eigenvalue weighted by molar-refractivity contribution is -0.114. The molecule has 0 saturated carbocycles. The van der Waals surface area contributed by atoms with E-state index in [9.17, 15) is 18.8 Å². The molecule has 0 bridgehead atoms. The van der Waals surface area contributed by atoms with Crippen LogP contribution in [-0.4, -0.2) is 53.7 Å². The largest absolute Gasteiger partial charge is 0.459 e. The summed E-state index contributed by atoms with van der Waals surface area (Å²) < 4.78 is 18.8. The van der Waals surface area contributed by atoms with Crippen molar-refractivity contribution in [3.63, 3.8) is 0 Å². The van der Waals surface area contributed by atoms with E-state index in [0.717, 1.165) is 16.0 Å². The van der Waals surface area contributed by atoms with E-state index in [1.165, 1.54) is 30.2 Å². The van der Waals surface area contributed by atoms with Gasteiger partial charge in [-0.2, -0.15) is 0 Å². The van der Waals surface area contributed by atoms with Crippen LogP contribution in [0.2, 0.25) is 0 Å². The highest BCUT2D eigenvalue weighted by Crippen LogP contribution is 2.43. The van der Waals surface area contributed by atoms with Crippen molar-refractivity contribution in [3.05, 3.63) is 124 Å². The Kier molecular flexibility index (Phi) is 7.43.